The standard InChI is InChI=1S/C9H20N2O2.HI/c1-5-6-10-9(12)13-8-7-11(2,3)4;/h5-8H2,1-4H3;1H. The van der Waals surface area contributed by atoms with Gasteiger partial charge in [0.25, 0.3) is 0 Å². The molecule has 0 aliphatic carbocycles. The lowest BCUT2D eigenvalue weighted by molar-refractivity contribution is -0.870. The molecule has 1 N–H and O–H groups in total. The third-order valence-corrected chi connectivity index (χ3v) is 1.51. The Morgan fingerprint density at radius 3 is 2.36 bits per heavy atom. The van der Waals surface area contributed by atoms with Gasteiger partial charge in [-0.05, 0) is 6.42 Å². The summed E-state index contributed by atoms with van der Waals surface area (Å²) in [5.74, 6) is 0. The van der Waals surface area contributed by atoms with Gasteiger partial charge in [0.15, 0.2) is 0 Å². The first-order chi connectivity index (χ1) is 5.95. The lowest BCUT2D eigenvalue weighted by Gasteiger charge is -2.23. The summed E-state index contributed by atoms with van der Waals surface area (Å²) >= 11 is 0. The number of carbonyl (C=O) groups excluding carboxylic acids is 1. The number of ether oxygens (including phenoxy) is 1. The van der Waals surface area contributed by atoms with Crippen molar-refractivity contribution in [3.63, 3.8) is 0 Å². The zero-order valence-electron chi connectivity index (χ0n) is 9.47. The second-order valence-electron chi connectivity index (χ2n) is 4.08. The van der Waals surface area contributed by atoms with Crippen LogP contribution in [0.3, 0.4) is 0 Å². The molecular formula is C9H21IN2O2. The van der Waals surface area contributed by atoms with Crippen LogP contribution in [0, 0.1) is 0 Å². The Balaban J connectivity index is 0. The average Bonchev–Trinajstić information content (AvgIpc) is 1.98. The molecule has 14 heavy (non-hydrogen) atoms. The fraction of sp³-hybridized carbons (Fsp3) is 0.889. The molecule has 0 bridgehead atoms. The summed E-state index contributed by atoms with van der Waals surface area (Å²) in [6.45, 7) is 3.99. The minimum Gasteiger partial charge on any atom is -1.00 e. The zero-order valence-corrected chi connectivity index (χ0v) is 11.6. The van der Waals surface area contributed by atoms with Gasteiger partial charge in [-0.2, -0.15) is 0 Å². The van der Waals surface area contributed by atoms with Crippen molar-refractivity contribution in [2.45, 2.75) is 13.3 Å². The number of hydrogen-bond acceptors (Lipinski definition) is 2. The van der Waals surface area contributed by atoms with Crippen molar-refractivity contribution < 1.29 is 38.0 Å². The first kappa shape index (κ1) is 16.4. The van der Waals surface area contributed by atoms with Gasteiger partial charge in [-0.3, -0.25) is 0 Å². The largest absolute Gasteiger partial charge is 1.00 e. The molecule has 0 aromatic carbocycles. The number of alkyl carbamates (subject to hydrolysis) is 1. The fourth-order valence-corrected chi connectivity index (χ4v) is 0.690. The van der Waals surface area contributed by atoms with Crippen molar-refractivity contribution in [2.75, 3.05) is 40.8 Å². The van der Waals surface area contributed by atoms with Gasteiger partial charge in [0.05, 0.1) is 21.1 Å². The van der Waals surface area contributed by atoms with Crippen molar-refractivity contribution in [3.05, 3.63) is 0 Å². The Hall–Kier alpha value is -0.0400. The SMILES string of the molecule is CCCNC(=O)OCC[N+](C)(C)C.[I-]. The molecule has 5 heteroatoms. The zero-order chi connectivity index (χ0) is 10.3. The van der Waals surface area contributed by atoms with E-state index in [9.17, 15) is 4.79 Å². The Kier molecular flexibility index (Phi) is 9.70. The van der Waals surface area contributed by atoms with Crippen LogP contribution >= 0.6 is 0 Å². The number of amides is 1. The number of halogens is 1. The molecule has 0 fully saturated rings. The highest BCUT2D eigenvalue weighted by Gasteiger charge is 2.08. The van der Waals surface area contributed by atoms with E-state index in [4.69, 9.17) is 4.74 Å². The lowest BCUT2D eigenvalue weighted by atomic mass is 10.5. The quantitative estimate of drug-likeness (QED) is 0.463. The third kappa shape index (κ3) is 12.0. The van der Waals surface area contributed by atoms with Crippen LogP contribution in [0.4, 0.5) is 4.79 Å². The van der Waals surface area contributed by atoms with Gasteiger partial charge < -0.3 is 38.5 Å². The minimum absolute atomic E-state index is 0. The summed E-state index contributed by atoms with van der Waals surface area (Å²) in [7, 11) is 6.19. The normalized spacial score (nSPS) is 10.3. The summed E-state index contributed by atoms with van der Waals surface area (Å²) < 4.78 is 5.76. The summed E-state index contributed by atoms with van der Waals surface area (Å²) in [6, 6.07) is 0. The summed E-state index contributed by atoms with van der Waals surface area (Å²) in [6.07, 6.45) is 0.625. The number of hydrogen-bond donors (Lipinski definition) is 1. The van der Waals surface area contributed by atoms with Crippen LogP contribution in [0.2, 0.25) is 0 Å². The number of rotatable bonds is 5. The Morgan fingerprint density at radius 1 is 1.36 bits per heavy atom. The van der Waals surface area contributed by atoms with Crippen molar-refractivity contribution in [1.82, 2.24) is 5.32 Å². The molecule has 0 aliphatic rings. The molecule has 0 saturated heterocycles. The molecule has 0 heterocycles. The van der Waals surface area contributed by atoms with E-state index in [0.717, 1.165) is 17.4 Å². The van der Waals surface area contributed by atoms with Crippen LogP contribution in [0.15, 0.2) is 0 Å². The van der Waals surface area contributed by atoms with E-state index in [1.165, 1.54) is 0 Å². The van der Waals surface area contributed by atoms with E-state index in [-0.39, 0.29) is 30.1 Å². The minimum atomic E-state index is -0.310. The molecule has 0 radical (unpaired) electrons. The van der Waals surface area contributed by atoms with Gasteiger partial charge in [-0.15, -0.1) is 0 Å². The highest BCUT2D eigenvalue weighted by molar-refractivity contribution is 5.66. The smallest absolute Gasteiger partial charge is 0.407 e. The maximum atomic E-state index is 10.9. The van der Waals surface area contributed by atoms with Gasteiger partial charge in [0, 0.05) is 6.54 Å². The van der Waals surface area contributed by atoms with E-state index >= 15 is 0 Å². The van der Waals surface area contributed by atoms with Crippen LogP contribution < -0.4 is 29.3 Å². The first-order valence-corrected chi connectivity index (χ1v) is 4.67. The average molecular weight is 316 g/mol. The van der Waals surface area contributed by atoms with Crippen molar-refractivity contribution in [1.29, 1.82) is 0 Å². The van der Waals surface area contributed by atoms with Crippen LogP contribution in [-0.4, -0.2) is 51.4 Å². The molecule has 86 valence electrons. The van der Waals surface area contributed by atoms with Crippen molar-refractivity contribution >= 4 is 6.09 Å². The van der Waals surface area contributed by atoms with Gasteiger partial charge in [0.2, 0.25) is 0 Å². The number of likely N-dealkylation sites (N-methyl/N-ethyl adjacent to an activating group) is 1. The number of nitrogens with zero attached hydrogens (tertiary/aromatic N) is 1. The second-order valence-corrected chi connectivity index (χ2v) is 4.08. The van der Waals surface area contributed by atoms with E-state index in [0.29, 0.717) is 13.2 Å². The van der Waals surface area contributed by atoms with Crippen LogP contribution in [-0.2, 0) is 4.74 Å². The highest BCUT2D eigenvalue weighted by atomic mass is 127. The van der Waals surface area contributed by atoms with Gasteiger partial charge in [-0.25, -0.2) is 4.79 Å². The third-order valence-electron chi connectivity index (χ3n) is 1.51. The molecule has 0 aromatic heterocycles. The number of nitrogens with one attached hydrogen (secondary N) is 1. The van der Waals surface area contributed by atoms with Gasteiger partial charge in [-0.1, -0.05) is 6.92 Å². The maximum absolute atomic E-state index is 10.9. The van der Waals surface area contributed by atoms with E-state index < -0.39 is 0 Å². The lowest BCUT2D eigenvalue weighted by Crippen LogP contribution is -3.00. The highest BCUT2D eigenvalue weighted by Crippen LogP contribution is 1.89. The molecule has 0 atom stereocenters. The summed E-state index contributed by atoms with van der Waals surface area (Å²) in [5, 5.41) is 2.65. The summed E-state index contributed by atoms with van der Waals surface area (Å²) in [5.41, 5.74) is 0. The topological polar surface area (TPSA) is 38.3 Å². The molecule has 0 spiro atoms. The molecular weight excluding hydrogens is 295 g/mol. The molecule has 0 saturated carbocycles. The number of quaternary nitrogens is 1. The Labute approximate surface area is 104 Å². The molecule has 0 unspecified atom stereocenters. The first-order valence-electron chi connectivity index (χ1n) is 4.67. The molecule has 0 rings (SSSR count). The predicted molar refractivity (Wildman–Crippen MR) is 52.5 cm³/mol. The van der Waals surface area contributed by atoms with Crippen molar-refractivity contribution in [3.8, 4) is 0 Å². The van der Waals surface area contributed by atoms with Crippen molar-refractivity contribution in [2.24, 2.45) is 0 Å². The van der Waals surface area contributed by atoms with Gasteiger partial charge >= 0.3 is 6.09 Å². The molecule has 4 nitrogen and oxygen atoms in total. The Bertz CT molecular complexity index is 157. The fourth-order valence-electron chi connectivity index (χ4n) is 0.690. The van der Waals surface area contributed by atoms with Crippen LogP contribution in [0.25, 0.3) is 0 Å². The molecule has 0 aliphatic heterocycles. The molecule has 1 amide bonds. The number of carbonyl (C=O) groups is 1. The maximum Gasteiger partial charge on any atom is 0.407 e. The van der Waals surface area contributed by atoms with Gasteiger partial charge in [0.1, 0.15) is 13.2 Å². The van der Waals surface area contributed by atoms with E-state index in [1.807, 2.05) is 6.92 Å². The molecule has 0 aromatic rings. The summed E-state index contributed by atoms with van der Waals surface area (Å²) in [4.78, 5) is 10.9. The monoisotopic (exact) mass is 316 g/mol. The van der Waals surface area contributed by atoms with Crippen LogP contribution in [0.1, 0.15) is 13.3 Å². The predicted octanol–water partition coefficient (Wildman–Crippen LogP) is -2.17. The van der Waals surface area contributed by atoms with Crippen LogP contribution in [0.5, 0.6) is 0 Å². The van der Waals surface area contributed by atoms with E-state index in [2.05, 4.69) is 26.5 Å². The Morgan fingerprint density at radius 2 is 1.93 bits per heavy atom. The second kappa shape index (κ2) is 8.28. The van der Waals surface area contributed by atoms with E-state index in [1.54, 1.807) is 0 Å².